The number of carbonyl (C=O) groups is 1. The van der Waals surface area contributed by atoms with Crippen molar-refractivity contribution < 1.29 is 19.0 Å². The molecule has 0 saturated carbocycles. The van der Waals surface area contributed by atoms with Crippen molar-refractivity contribution >= 4 is 12.1 Å². The third kappa shape index (κ3) is 9.23. The first-order valence-corrected chi connectivity index (χ1v) is 12.0. The minimum absolute atomic E-state index is 0.0962. The van der Waals surface area contributed by atoms with Crippen LogP contribution >= 0.6 is 0 Å². The van der Waals surface area contributed by atoms with Gasteiger partial charge in [-0.3, -0.25) is 4.99 Å². The molecule has 8 nitrogen and oxygen atoms in total. The lowest BCUT2D eigenvalue weighted by molar-refractivity contribution is 0.00884. The summed E-state index contributed by atoms with van der Waals surface area (Å²) in [6.07, 6.45) is 6.17. The average molecular weight is 441 g/mol. The monoisotopic (exact) mass is 440 g/mol. The number of ether oxygens (including phenoxy) is 3. The maximum atomic E-state index is 12.7. The van der Waals surface area contributed by atoms with E-state index < -0.39 is 5.60 Å². The van der Waals surface area contributed by atoms with Gasteiger partial charge in [-0.25, -0.2) is 4.79 Å². The Labute approximate surface area is 188 Å². The molecule has 2 heterocycles. The molecule has 2 saturated heterocycles. The van der Waals surface area contributed by atoms with Gasteiger partial charge in [0.1, 0.15) is 5.60 Å². The number of hydrogen-bond acceptors (Lipinski definition) is 5. The number of likely N-dealkylation sites (tertiary alicyclic amines) is 2. The fraction of sp³-hybridized carbons (Fsp3) is 0.913. The third-order valence-corrected chi connectivity index (χ3v) is 5.63. The van der Waals surface area contributed by atoms with Gasteiger partial charge in [0.2, 0.25) is 0 Å². The van der Waals surface area contributed by atoms with Crippen LogP contribution in [0.4, 0.5) is 4.79 Å². The van der Waals surface area contributed by atoms with Gasteiger partial charge in [0.15, 0.2) is 5.96 Å². The fourth-order valence-corrected chi connectivity index (χ4v) is 4.06. The molecule has 0 aliphatic carbocycles. The zero-order chi connectivity index (χ0) is 22.7. The SMILES string of the molecule is CCNC(=NCC1CCCCN1C(=O)OC(C)(C)C)N1CCC(OCCCOC)CC1. The summed E-state index contributed by atoms with van der Waals surface area (Å²) in [6.45, 7) is 13.4. The molecule has 0 radical (unpaired) electrons. The molecular weight excluding hydrogens is 396 g/mol. The van der Waals surface area contributed by atoms with Crippen LogP contribution in [0.1, 0.15) is 66.2 Å². The number of rotatable bonds is 8. The summed E-state index contributed by atoms with van der Waals surface area (Å²) in [4.78, 5) is 21.8. The topological polar surface area (TPSA) is 75.6 Å². The number of nitrogens with one attached hydrogen (secondary N) is 1. The average Bonchev–Trinajstić information content (AvgIpc) is 2.74. The Morgan fingerprint density at radius 2 is 1.84 bits per heavy atom. The Balaban J connectivity index is 1.90. The second-order valence-corrected chi connectivity index (χ2v) is 9.42. The zero-order valence-corrected chi connectivity index (χ0v) is 20.3. The maximum Gasteiger partial charge on any atom is 0.410 e. The van der Waals surface area contributed by atoms with Crippen LogP contribution in [-0.4, -0.2) is 92.6 Å². The minimum atomic E-state index is -0.479. The highest BCUT2D eigenvalue weighted by atomic mass is 16.6. The van der Waals surface area contributed by atoms with Crippen molar-refractivity contribution in [2.24, 2.45) is 4.99 Å². The normalized spacial score (nSPS) is 21.3. The molecular formula is C23H44N4O4. The summed E-state index contributed by atoms with van der Waals surface area (Å²) >= 11 is 0. The second-order valence-electron chi connectivity index (χ2n) is 9.42. The molecule has 1 atom stereocenters. The third-order valence-electron chi connectivity index (χ3n) is 5.63. The van der Waals surface area contributed by atoms with E-state index in [2.05, 4.69) is 17.1 Å². The molecule has 180 valence electrons. The minimum Gasteiger partial charge on any atom is -0.444 e. The van der Waals surface area contributed by atoms with E-state index >= 15 is 0 Å². The van der Waals surface area contributed by atoms with Crippen molar-refractivity contribution in [2.45, 2.75) is 84.0 Å². The highest BCUT2D eigenvalue weighted by Crippen LogP contribution is 2.21. The van der Waals surface area contributed by atoms with Crippen LogP contribution in [-0.2, 0) is 14.2 Å². The Morgan fingerprint density at radius 1 is 1.10 bits per heavy atom. The van der Waals surface area contributed by atoms with Crippen LogP contribution in [0.5, 0.6) is 0 Å². The van der Waals surface area contributed by atoms with E-state index in [-0.39, 0.29) is 12.1 Å². The predicted molar refractivity (Wildman–Crippen MR) is 124 cm³/mol. The van der Waals surface area contributed by atoms with E-state index in [1.54, 1.807) is 7.11 Å². The summed E-state index contributed by atoms with van der Waals surface area (Å²) in [5.41, 5.74) is -0.479. The lowest BCUT2D eigenvalue weighted by Crippen LogP contribution is -2.49. The highest BCUT2D eigenvalue weighted by molar-refractivity contribution is 5.80. The Bertz CT molecular complexity index is 556. The van der Waals surface area contributed by atoms with Crippen LogP contribution in [0.2, 0.25) is 0 Å². The van der Waals surface area contributed by atoms with Gasteiger partial charge < -0.3 is 29.3 Å². The molecule has 2 rings (SSSR count). The van der Waals surface area contributed by atoms with Gasteiger partial charge in [-0.05, 0) is 66.2 Å². The molecule has 0 bridgehead atoms. The van der Waals surface area contributed by atoms with Crippen molar-refractivity contribution in [1.82, 2.24) is 15.1 Å². The Morgan fingerprint density at radius 3 is 2.48 bits per heavy atom. The largest absolute Gasteiger partial charge is 0.444 e. The molecule has 1 amide bonds. The number of amides is 1. The summed E-state index contributed by atoms with van der Waals surface area (Å²) in [5, 5.41) is 3.43. The number of methoxy groups -OCH3 is 1. The van der Waals surface area contributed by atoms with Crippen LogP contribution in [0.15, 0.2) is 4.99 Å². The fourth-order valence-electron chi connectivity index (χ4n) is 4.06. The molecule has 1 unspecified atom stereocenters. The van der Waals surface area contributed by atoms with Crippen molar-refractivity contribution in [1.29, 1.82) is 0 Å². The molecule has 0 aromatic carbocycles. The van der Waals surface area contributed by atoms with Crippen LogP contribution in [0.3, 0.4) is 0 Å². The van der Waals surface area contributed by atoms with Gasteiger partial charge in [-0.15, -0.1) is 0 Å². The molecule has 0 spiro atoms. The highest BCUT2D eigenvalue weighted by Gasteiger charge is 2.30. The van der Waals surface area contributed by atoms with Crippen LogP contribution < -0.4 is 5.32 Å². The van der Waals surface area contributed by atoms with Crippen molar-refractivity contribution in [3.63, 3.8) is 0 Å². The summed E-state index contributed by atoms with van der Waals surface area (Å²) in [5.74, 6) is 0.940. The van der Waals surface area contributed by atoms with Gasteiger partial charge in [-0.2, -0.15) is 0 Å². The number of hydrogen-bond donors (Lipinski definition) is 1. The lowest BCUT2D eigenvalue weighted by atomic mass is 10.0. The number of carbonyl (C=O) groups excluding carboxylic acids is 1. The molecule has 1 N–H and O–H groups in total. The zero-order valence-electron chi connectivity index (χ0n) is 20.3. The summed E-state index contributed by atoms with van der Waals surface area (Å²) in [6, 6.07) is 0.0962. The number of nitrogens with zero attached hydrogens (tertiary/aromatic N) is 3. The van der Waals surface area contributed by atoms with Gasteiger partial charge in [0.05, 0.1) is 18.7 Å². The number of guanidine groups is 1. The van der Waals surface area contributed by atoms with Gasteiger partial charge >= 0.3 is 6.09 Å². The van der Waals surface area contributed by atoms with E-state index in [0.717, 1.165) is 83.9 Å². The van der Waals surface area contributed by atoms with Gasteiger partial charge in [-0.1, -0.05) is 0 Å². The van der Waals surface area contributed by atoms with Crippen molar-refractivity contribution in [2.75, 3.05) is 53.0 Å². The van der Waals surface area contributed by atoms with Gasteiger partial charge in [0.25, 0.3) is 0 Å². The number of aliphatic imine (C=N–C) groups is 1. The summed E-state index contributed by atoms with van der Waals surface area (Å²) < 4.78 is 16.7. The van der Waals surface area contributed by atoms with Crippen LogP contribution in [0, 0.1) is 0 Å². The predicted octanol–water partition coefficient (Wildman–Crippen LogP) is 3.26. The molecule has 2 aliphatic heterocycles. The molecule has 0 aromatic rings. The Hall–Kier alpha value is -1.54. The molecule has 2 aliphatic rings. The smallest absolute Gasteiger partial charge is 0.410 e. The first-order valence-electron chi connectivity index (χ1n) is 12.0. The first kappa shape index (κ1) is 25.7. The van der Waals surface area contributed by atoms with E-state index in [1.165, 1.54) is 0 Å². The molecule has 31 heavy (non-hydrogen) atoms. The first-order chi connectivity index (χ1) is 14.8. The van der Waals surface area contributed by atoms with E-state index in [1.807, 2.05) is 25.7 Å². The molecule has 2 fully saturated rings. The summed E-state index contributed by atoms with van der Waals surface area (Å²) in [7, 11) is 1.72. The number of piperidine rings is 2. The van der Waals surface area contributed by atoms with Gasteiger partial charge in [0, 0.05) is 46.5 Å². The van der Waals surface area contributed by atoms with E-state index in [4.69, 9.17) is 19.2 Å². The maximum absolute atomic E-state index is 12.7. The second kappa shape index (κ2) is 13.1. The quantitative estimate of drug-likeness (QED) is 0.355. The van der Waals surface area contributed by atoms with Crippen LogP contribution in [0.25, 0.3) is 0 Å². The molecule has 8 heteroatoms. The van der Waals surface area contributed by atoms with E-state index in [0.29, 0.717) is 12.6 Å². The van der Waals surface area contributed by atoms with E-state index in [9.17, 15) is 4.79 Å². The lowest BCUT2D eigenvalue weighted by Gasteiger charge is -2.37. The standard InChI is InChI=1S/C23H44N4O4/c1-6-24-21(26-14-11-20(12-15-26)30-17-9-16-29-5)25-18-19-10-7-8-13-27(19)22(28)31-23(2,3)4/h19-20H,6-18H2,1-5H3,(H,24,25). The Kier molecular flexibility index (Phi) is 10.9. The van der Waals surface area contributed by atoms with Crippen molar-refractivity contribution in [3.8, 4) is 0 Å². The van der Waals surface area contributed by atoms with Crippen molar-refractivity contribution in [3.05, 3.63) is 0 Å². The molecule has 0 aromatic heterocycles.